The molecule has 1 saturated heterocycles. The molecule has 0 amide bonds. The Morgan fingerprint density at radius 1 is 1.19 bits per heavy atom. The van der Waals surface area contributed by atoms with Crippen molar-refractivity contribution in [1.82, 2.24) is 5.32 Å². The lowest BCUT2D eigenvalue weighted by Crippen LogP contribution is -2.34. The summed E-state index contributed by atoms with van der Waals surface area (Å²) < 4.78 is 0. The van der Waals surface area contributed by atoms with Crippen LogP contribution in [-0.2, 0) is 0 Å². The third-order valence-corrected chi connectivity index (χ3v) is 3.54. The number of para-hydroxylation sites is 1. The molecule has 1 aliphatic rings. The summed E-state index contributed by atoms with van der Waals surface area (Å²) in [5.41, 5.74) is 1.38. The zero-order valence-electron chi connectivity index (χ0n) is 10.2. The van der Waals surface area contributed by atoms with Crippen LogP contribution in [-0.4, -0.2) is 26.7 Å². The quantitative estimate of drug-likeness (QED) is 0.835. The van der Waals surface area contributed by atoms with Crippen molar-refractivity contribution in [3.8, 4) is 0 Å². The summed E-state index contributed by atoms with van der Waals surface area (Å²) in [7, 11) is 2.04. The monoisotopic (exact) mass is 218 g/mol. The summed E-state index contributed by atoms with van der Waals surface area (Å²) in [6.45, 7) is 3.60. The van der Waals surface area contributed by atoms with Crippen molar-refractivity contribution in [2.75, 3.05) is 31.6 Å². The van der Waals surface area contributed by atoms with E-state index in [1.54, 1.807) is 0 Å². The number of benzene rings is 1. The lowest BCUT2D eigenvalue weighted by atomic mass is 9.93. The first kappa shape index (κ1) is 11.5. The Hall–Kier alpha value is -1.02. The first-order chi connectivity index (χ1) is 7.90. The van der Waals surface area contributed by atoms with Gasteiger partial charge in [-0.1, -0.05) is 18.2 Å². The van der Waals surface area contributed by atoms with Crippen molar-refractivity contribution in [1.29, 1.82) is 0 Å². The van der Waals surface area contributed by atoms with E-state index in [2.05, 4.69) is 40.5 Å². The Kier molecular flexibility index (Phi) is 4.23. The SMILES string of the molecule is CNCCC1CCN(c2ccccc2)CC1. The molecule has 0 bridgehead atoms. The zero-order chi connectivity index (χ0) is 11.2. The van der Waals surface area contributed by atoms with Gasteiger partial charge in [0.05, 0.1) is 0 Å². The minimum absolute atomic E-state index is 0.924. The molecule has 0 unspecified atom stereocenters. The van der Waals surface area contributed by atoms with Gasteiger partial charge in [0.25, 0.3) is 0 Å². The van der Waals surface area contributed by atoms with Gasteiger partial charge in [-0.3, -0.25) is 0 Å². The summed E-state index contributed by atoms with van der Waals surface area (Å²) in [5.74, 6) is 0.924. The van der Waals surface area contributed by atoms with Crippen molar-refractivity contribution in [2.45, 2.75) is 19.3 Å². The van der Waals surface area contributed by atoms with E-state index in [1.807, 2.05) is 7.05 Å². The molecule has 1 N–H and O–H groups in total. The Labute approximate surface area is 98.7 Å². The normalized spacial score (nSPS) is 17.7. The highest BCUT2D eigenvalue weighted by molar-refractivity contribution is 5.46. The van der Waals surface area contributed by atoms with E-state index in [9.17, 15) is 0 Å². The first-order valence-corrected chi connectivity index (χ1v) is 6.35. The standard InChI is InChI=1S/C14H22N2/c1-15-10-7-13-8-11-16(12-9-13)14-5-3-2-4-6-14/h2-6,13,15H,7-12H2,1H3. The molecule has 16 heavy (non-hydrogen) atoms. The largest absolute Gasteiger partial charge is 0.372 e. The van der Waals surface area contributed by atoms with Crippen LogP contribution >= 0.6 is 0 Å². The summed E-state index contributed by atoms with van der Waals surface area (Å²) in [5, 5.41) is 3.24. The van der Waals surface area contributed by atoms with Crippen LogP contribution in [0, 0.1) is 5.92 Å². The van der Waals surface area contributed by atoms with Gasteiger partial charge in [0, 0.05) is 18.8 Å². The van der Waals surface area contributed by atoms with Gasteiger partial charge in [0.1, 0.15) is 0 Å². The number of nitrogens with zero attached hydrogens (tertiary/aromatic N) is 1. The molecule has 2 rings (SSSR count). The molecule has 2 nitrogen and oxygen atoms in total. The highest BCUT2D eigenvalue weighted by Gasteiger charge is 2.18. The molecule has 1 fully saturated rings. The van der Waals surface area contributed by atoms with Gasteiger partial charge < -0.3 is 10.2 Å². The minimum Gasteiger partial charge on any atom is -0.372 e. The fraction of sp³-hybridized carbons (Fsp3) is 0.571. The van der Waals surface area contributed by atoms with Gasteiger partial charge in [-0.25, -0.2) is 0 Å². The van der Waals surface area contributed by atoms with Crippen molar-refractivity contribution >= 4 is 5.69 Å². The van der Waals surface area contributed by atoms with Crippen LogP contribution in [0.5, 0.6) is 0 Å². The molecular formula is C14H22N2. The lowest BCUT2D eigenvalue weighted by molar-refractivity contribution is 0.378. The zero-order valence-corrected chi connectivity index (χ0v) is 10.2. The predicted molar refractivity (Wildman–Crippen MR) is 69.9 cm³/mol. The Balaban J connectivity index is 1.81. The maximum atomic E-state index is 3.24. The Morgan fingerprint density at radius 3 is 2.50 bits per heavy atom. The van der Waals surface area contributed by atoms with Crippen LogP contribution in [0.3, 0.4) is 0 Å². The highest BCUT2D eigenvalue weighted by atomic mass is 15.1. The van der Waals surface area contributed by atoms with E-state index in [0.29, 0.717) is 0 Å². The smallest absolute Gasteiger partial charge is 0.0366 e. The van der Waals surface area contributed by atoms with Gasteiger partial charge in [0.15, 0.2) is 0 Å². The number of hydrogen-bond acceptors (Lipinski definition) is 2. The summed E-state index contributed by atoms with van der Waals surface area (Å²) in [4.78, 5) is 2.51. The average Bonchev–Trinajstić information content (AvgIpc) is 2.38. The van der Waals surface area contributed by atoms with Crippen molar-refractivity contribution in [3.05, 3.63) is 30.3 Å². The second kappa shape index (κ2) is 5.90. The molecule has 0 saturated carbocycles. The second-order valence-corrected chi connectivity index (χ2v) is 4.66. The van der Waals surface area contributed by atoms with Crippen molar-refractivity contribution in [2.24, 2.45) is 5.92 Å². The molecule has 0 spiro atoms. The number of anilines is 1. The topological polar surface area (TPSA) is 15.3 Å². The van der Waals surface area contributed by atoms with E-state index in [0.717, 1.165) is 12.5 Å². The first-order valence-electron chi connectivity index (χ1n) is 6.35. The molecule has 1 aliphatic heterocycles. The maximum Gasteiger partial charge on any atom is 0.0366 e. The molecule has 0 aromatic heterocycles. The Morgan fingerprint density at radius 2 is 1.88 bits per heavy atom. The van der Waals surface area contributed by atoms with Crippen LogP contribution in [0.4, 0.5) is 5.69 Å². The highest BCUT2D eigenvalue weighted by Crippen LogP contribution is 2.24. The summed E-state index contributed by atoms with van der Waals surface area (Å²) >= 11 is 0. The predicted octanol–water partition coefficient (Wildman–Crippen LogP) is 2.51. The van der Waals surface area contributed by atoms with E-state index in [4.69, 9.17) is 0 Å². The summed E-state index contributed by atoms with van der Waals surface area (Å²) in [6.07, 6.45) is 4.02. The fourth-order valence-electron chi connectivity index (χ4n) is 2.47. The Bertz CT molecular complexity index is 289. The van der Waals surface area contributed by atoms with Gasteiger partial charge >= 0.3 is 0 Å². The molecular weight excluding hydrogens is 196 g/mol. The molecule has 2 heteroatoms. The average molecular weight is 218 g/mol. The number of nitrogens with one attached hydrogen (secondary N) is 1. The van der Waals surface area contributed by atoms with Crippen molar-refractivity contribution < 1.29 is 0 Å². The van der Waals surface area contributed by atoms with Gasteiger partial charge in [0.2, 0.25) is 0 Å². The third kappa shape index (κ3) is 2.99. The van der Waals surface area contributed by atoms with E-state index >= 15 is 0 Å². The van der Waals surface area contributed by atoms with Gasteiger partial charge in [-0.15, -0.1) is 0 Å². The van der Waals surface area contributed by atoms with Crippen LogP contribution in [0.1, 0.15) is 19.3 Å². The van der Waals surface area contributed by atoms with Crippen LogP contribution in [0.15, 0.2) is 30.3 Å². The van der Waals surface area contributed by atoms with Crippen LogP contribution in [0.25, 0.3) is 0 Å². The second-order valence-electron chi connectivity index (χ2n) is 4.66. The molecule has 1 aromatic rings. The van der Waals surface area contributed by atoms with E-state index in [-0.39, 0.29) is 0 Å². The van der Waals surface area contributed by atoms with E-state index < -0.39 is 0 Å². The van der Waals surface area contributed by atoms with Crippen LogP contribution in [0.2, 0.25) is 0 Å². The molecule has 1 heterocycles. The van der Waals surface area contributed by atoms with Gasteiger partial charge in [-0.05, 0) is 50.9 Å². The van der Waals surface area contributed by atoms with Crippen molar-refractivity contribution in [3.63, 3.8) is 0 Å². The number of piperidine rings is 1. The van der Waals surface area contributed by atoms with Gasteiger partial charge in [-0.2, -0.15) is 0 Å². The number of rotatable bonds is 4. The lowest BCUT2D eigenvalue weighted by Gasteiger charge is -2.33. The van der Waals surface area contributed by atoms with E-state index in [1.165, 1.54) is 38.0 Å². The minimum atomic E-state index is 0.924. The maximum absolute atomic E-state index is 3.24. The molecule has 0 radical (unpaired) electrons. The molecule has 1 aromatic carbocycles. The number of hydrogen-bond donors (Lipinski definition) is 1. The summed E-state index contributed by atoms with van der Waals surface area (Å²) in [6, 6.07) is 10.8. The molecule has 0 atom stereocenters. The molecule has 88 valence electrons. The molecule has 0 aliphatic carbocycles. The fourth-order valence-corrected chi connectivity index (χ4v) is 2.47. The third-order valence-electron chi connectivity index (χ3n) is 3.54. The van der Waals surface area contributed by atoms with Crippen LogP contribution < -0.4 is 10.2 Å².